The molecule has 2 aromatic rings. The normalized spacial score (nSPS) is 10.3. The summed E-state index contributed by atoms with van der Waals surface area (Å²) in [5.74, 6) is -1.68. The van der Waals surface area contributed by atoms with Gasteiger partial charge in [-0.3, -0.25) is 4.79 Å². The van der Waals surface area contributed by atoms with Gasteiger partial charge in [0.25, 0.3) is 0 Å². The van der Waals surface area contributed by atoms with Crippen LogP contribution in [0.15, 0.2) is 35.4 Å². The Morgan fingerprint density at radius 1 is 1.04 bits per heavy atom. The van der Waals surface area contributed by atoms with Crippen molar-refractivity contribution in [1.29, 1.82) is 0 Å². The van der Waals surface area contributed by atoms with Crippen LogP contribution in [0, 0.1) is 6.92 Å². The second-order valence-electron chi connectivity index (χ2n) is 4.69. The number of aromatic nitrogens is 1. The van der Waals surface area contributed by atoms with Gasteiger partial charge in [-0.1, -0.05) is 17.7 Å². The minimum Gasteiger partial charge on any atom is -0.465 e. The van der Waals surface area contributed by atoms with E-state index < -0.39 is 17.4 Å². The van der Waals surface area contributed by atoms with E-state index in [4.69, 9.17) is 11.6 Å². The highest BCUT2D eigenvalue weighted by atomic mass is 35.5. The maximum absolute atomic E-state index is 12.3. The highest BCUT2D eigenvalue weighted by molar-refractivity contribution is 6.31. The van der Waals surface area contributed by atoms with Crippen LogP contribution in [0.1, 0.15) is 26.3 Å². The number of carbonyl (C=O) groups is 2. The monoisotopic (exact) mass is 335 g/mol. The van der Waals surface area contributed by atoms with E-state index in [-0.39, 0.29) is 11.1 Å². The lowest BCUT2D eigenvalue weighted by atomic mass is 10.1. The number of nitrogens with zero attached hydrogens (tertiary/aromatic N) is 1. The summed E-state index contributed by atoms with van der Waals surface area (Å²) in [6, 6.07) is 5.18. The molecule has 0 aliphatic heterocycles. The van der Waals surface area contributed by atoms with Crippen LogP contribution in [0.5, 0.6) is 0 Å². The van der Waals surface area contributed by atoms with Gasteiger partial charge in [0.1, 0.15) is 11.1 Å². The lowest BCUT2D eigenvalue weighted by Crippen LogP contribution is -2.26. The van der Waals surface area contributed by atoms with Crippen LogP contribution >= 0.6 is 11.6 Å². The summed E-state index contributed by atoms with van der Waals surface area (Å²) in [5, 5.41) is 0.514. The summed E-state index contributed by atoms with van der Waals surface area (Å²) in [6.07, 6.45) is 2.61. The molecule has 0 N–H and O–H groups in total. The van der Waals surface area contributed by atoms with Gasteiger partial charge in [-0.25, -0.2) is 9.59 Å². The molecule has 1 aromatic heterocycles. The van der Waals surface area contributed by atoms with Crippen molar-refractivity contribution < 1.29 is 19.1 Å². The molecule has 0 saturated carbocycles. The molecule has 23 heavy (non-hydrogen) atoms. The van der Waals surface area contributed by atoms with Crippen molar-refractivity contribution in [3.63, 3.8) is 0 Å². The molecule has 6 nitrogen and oxygen atoms in total. The van der Waals surface area contributed by atoms with Crippen molar-refractivity contribution >= 4 is 23.5 Å². The van der Waals surface area contributed by atoms with Gasteiger partial charge in [-0.05, 0) is 24.6 Å². The van der Waals surface area contributed by atoms with Crippen LogP contribution in [0.25, 0.3) is 5.69 Å². The standard InChI is InChI=1S/C16H14ClNO5/c1-9-12(17)5-4-6-13(9)18-7-10(15(20)22-2)14(19)11(8-18)16(21)23-3/h4-8H,1-3H3. The van der Waals surface area contributed by atoms with Crippen LogP contribution in [0.2, 0.25) is 5.02 Å². The van der Waals surface area contributed by atoms with Gasteiger partial charge in [-0.2, -0.15) is 0 Å². The molecule has 0 aliphatic rings. The van der Waals surface area contributed by atoms with E-state index in [1.807, 2.05) is 0 Å². The van der Waals surface area contributed by atoms with Crippen molar-refractivity contribution in [2.45, 2.75) is 6.92 Å². The fourth-order valence-electron chi connectivity index (χ4n) is 2.10. The number of benzene rings is 1. The Morgan fingerprint density at radius 2 is 1.57 bits per heavy atom. The molecule has 1 heterocycles. The number of hydrogen-bond acceptors (Lipinski definition) is 5. The Morgan fingerprint density at radius 3 is 2.04 bits per heavy atom. The second-order valence-corrected chi connectivity index (χ2v) is 5.10. The summed E-state index contributed by atoms with van der Waals surface area (Å²) in [4.78, 5) is 35.9. The summed E-state index contributed by atoms with van der Waals surface area (Å²) in [5.41, 5.74) is 0.0569. The van der Waals surface area contributed by atoms with Crippen LogP contribution in [0.3, 0.4) is 0 Å². The molecule has 0 saturated heterocycles. The van der Waals surface area contributed by atoms with Gasteiger partial charge in [-0.15, -0.1) is 0 Å². The predicted molar refractivity (Wildman–Crippen MR) is 84.5 cm³/mol. The Hall–Kier alpha value is -2.60. The molecular formula is C16H14ClNO5. The molecule has 0 radical (unpaired) electrons. The van der Waals surface area contributed by atoms with Gasteiger partial charge in [0.05, 0.1) is 14.2 Å². The molecule has 0 aliphatic carbocycles. The smallest absolute Gasteiger partial charge is 0.343 e. The van der Waals surface area contributed by atoms with Gasteiger partial charge in [0.2, 0.25) is 5.43 Å². The summed E-state index contributed by atoms with van der Waals surface area (Å²) in [6.45, 7) is 1.78. The number of halogens is 1. The maximum Gasteiger partial charge on any atom is 0.343 e. The summed E-state index contributed by atoms with van der Waals surface area (Å²) < 4.78 is 10.7. The molecule has 0 amide bonds. The Kier molecular flexibility index (Phi) is 4.86. The first-order valence-electron chi connectivity index (χ1n) is 6.59. The number of methoxy groups -OCH3 is 2. The maximum atomic E-state index is 12.3. The van der Waals surface area contributed by atoms with Gasteiger partial charge in [0, 0.05) is 23.1 Å². The summed E-state index contributed by atoms with van der Waals surface area (Å²) in [7, 11) is 2.31. The number of ether oxygens (including phenoxy) is 2. The lowest BCUT2D eigenvalue weighted by Gasteiger charge is -2.13. The zero-order valence-electron chi connectivity index (χ0n) is 12.8. The Labute approximate surface area is 137 Å². The van der Waals surface area contributed by atoms with Crippen LogP contribution < -0.4 is 5.43 Å². The van der Waals surface area contributed by atoms with Crippen molar-refractivity contribution in [3.8, 4) is 5.69 Å². The molecule has 7 heteroatoms. The topological polar surface area (TPSA) is 74.6 Å². The fraction of sp³-hybridized carbons (Fsp3) is 0.188. The first-order valence-corrected chi connectivity index (χ1v) is 6.97. The van der Waals surface area contributed by atoms with Gasteiger partial charge in [0.15, 0.2) is 0 Å². The minimum absolute atomic E-state index is 0.269. The van der Waals surface area contributed by atoms with E-state index in [2.05, 4.69) is 9.47 Å². The largest absolute Gasteiger partial charge is 0.465 e. The van der Waals surface area contributed by atoms with Crippen molar-refractivity contribution in [1.82, 2.24) is 4.57 Å². The molecule has 0 fully saturated rings. The van der Waals surface area contributed by atoms with Gasteiger partial charge < -0.3 is 14.0 Å². The third kappa shape index (κ3) is 3.12. The fourth-order valence-corrected chi connectivity index (χ4v) is 2.27. The predicted octanol–water partition coefficient (Wildman–Crippen LogP) is 2.37. The second kappa shape index (κ2) is 6.66. The average molecular weight is 336 g/mol. The highest BCUT2D eigenvalue weighted by Crippen LogP contribution is 2.22. The van der Waals surface area contributed by atoms with Crippen LogP contribution in [0.4, 0.5) is 0 Å². The number of esters is 2. The highest BCUT2D eigenvalue weighted by Gasteiger charge is 2.21. The minimum atomic E-state index is -0.839. The van der Waals surface area contributed by atoms with Gasteiger partial charge >= 0.3 is 11.9 Å². The third-order valence-electron chi connectivity index (χ3n) is 3.35. The number of hydrogen-bond donors (Lipinski definition) is 0. The number of carbonyl (C=O) groups excluding carboxylic acids is 2. The van der Waals surface area contributed by atoms with Crippen LogP contribution in [-0.2, 0) is 9.47 Å². The molecule has 120 valence electrons. The zero-order valence-corrected chi connectivity index (χ0v) is 13.5. The molecule has 0 bridgehead atoms. The van der Waals surface area contributed by atoms with E-state index in [1.165, 1.54) is 17.0 Å². The van der Waals surface area contributed by atoms with Crippen LogP contribution in [-0.4, -0.2) is 30.7 Å². The lowest BCUT2D eigenvalue weighted by molar-refractivity contribution is 0.0595. The molecule has 2 rings (SSSR count). The molecule has 1 aromatic carbocycles. The third-order valence-corrected chi connectivity index (χ3v) is 3.76. The first kappa shape index (κ1) is 16.8. The Balaban J connectivity index is 2.79. The molecule has 0 spiro atoms. The van der Waals surface area contributed by atoms with E-state index in [0.29, 0.717) is 10.7 Å². The summed E-state index contributed by atoms with van der Waals surface area (Å²) >= 11 is 6.10. The van der Waals surface area contributed by atoms with E-state index in [9.17, 15) is 14.4 Å². The Bertz CT molecular complexity index is 801. The van der Waals surface area contributed by atoms with Crippen molar-refractivity contribution in [2.75, 3.05) is 14.2 Å². The quantitative estimate of drug-likeness (QED) is 0.805. The first-order chi connectivity index (χ1) is 10.9. The molecule has 0 unspecified atom stereocenters. The zero-order chi connectivity index (χ0) is 17.1. The number of pyridine rings is 1. The van der Waals surface area contributed by atoms with Crippen molar-refractivity contribution in [3.05, 3.63) is 62.5 Å². The SMILES string of the molecule is COC(=O)c1cn(-c2cccc(Cl)c2C)cc(C(=O)OC)c1=O. The van der Waals surface area contributed by atoms with Crippen molar-refractivity contribution in [2.24, 2.45) is 0 Å². The average Bonchev–Trinajstić information content (AvgIpc) is 2.56. The molecular weight excluding hydrogens is 322 g/mol. The van der Waals surface area contributed by atoms with E-state index in [0.717, 1.165) is 19.8 Å². The van der Waals surface area contributed by atoms with E-state index >= 15 is 0 Å². The number of rotatable bonds is 3. The molecule has 0 atom stereocenters. The van der Waals surface area contributed by atoms with E-state index in [1.54, 1.807) is 25.1 Å².